The van der Waals surface area contributed by atoms with Gasteiger partial charge >= 0.3 is 0 Å². The van der Waals surface area contributed by atoms with Gasteiger partial charge in [0.1, 0.15) is 0 Å². The highest BCUT2D eigenvalue weighted by Gasteiger charge is 2.41. The van der Waals surface area contributed by atoms with E-state index in [2.05, 4.69) is 0 Å². The maximum atomic E-state index is 12.3. The van der Waals surface area contributed by atoms with Gasteiger partial charge in [-0.25, -0.2) is 0 Å². The molecule has 2 fully saturated rings. The standard InChI is InChI=1S/C14H16ClNO/c15-11-5-7-12(8-6-11)16-9-10-3-1-2-4-13(10)14(16)17/h5-8,10,13H,1-4,9H2/t10-,13-/m0/s1. The van der Waals surface area contributed by atoms with Gasteiger partial charge in [-0.1, -0.05) is 24.4 Å². The van der Waals surface area contributed by atoms with Gasteiger partial charge in [-0.3, -0.25) is 4.79 Å². The van der Waals surface area contributed by atoms with Crippen molar-refractivity contribution in [3.05, 3.63) is 29.3 Å². The molecule has 1 aromatic rings. The van der Waals surface area contributed by atoms with Crippen LogP contribution >= 0.6 is 11.6 Å². The molecule has 2 nitrogen and oxygen atoms in total. The van der Waals surface area contributed by atoms with Gasteiger partial charge in [-0.05, 0) is 43.0 Å². The van der Waals surface area contributed by atoms with Gasteiger partial charge in [0.05, 0.1) is 0 Å². The number of carbonyl (C=O) groups is 1. The van der Waals surface area contributed by atoms with Crippen LogP contribution < -0.4 is 4.90 Å². The molecule has 0 radical (unpaired) electrons. The van der Waals surface area contributed by atoms with Crippen LogP contribution in [0.3, 0.4) is 0 Å². The van der Waals surface area contributed by atoms with Gasteiger partial charge in [0.25, 0.3) is 0 Å². The van der Waals surface area contributed by atoms with E-state index >= 15 is 0 Å². The number of fused-ring (bicyclic) bond motifs is 1. The summed E-state index contributed by atoms with van der Waals surface area (Å²) in [6.45, 7) is 0.894. The summed E-state index contributed by atoms with van der Waals surface area (Å²) >= 11 is 5.87. The summed E-state index contributed by atoms with van der Waals surface area (Å²) < 4.78 is 0. The second-order valence-electron chi connectivity index (χ2n) is 5.08. The molecular weight excluding hydrogens is 234 g/mol. The van der Waals surface area contributed by atoms with Crippen molar-refractivity contribution in [3.8, 4) is 0 Å². The zero-order valence-electron chi connectivity index (χ0n) is 9.73. The van der Waals surface area contributed by atoms with E-state index in [1.165, 1.54) is 19.3 Å². The lowest BCUT2D eigenvalue weighted by Crippen LogP contribution is -2.27. The van der Waals surface area contributed by atoms with E-state index in [1.807, 2.05) is 29.2 Å². The smallest absolute Gasteiger partial charge is 0.230 e. The van der Waals surface area contributed by atoms with Gasteiger partial charge in [0.15, 0.2) is 0 Å². The number of anilines is 1. The SMILES string of the molecule is O=C1[C@H]2CCCC[C@H]2CN1c1ccc(Cl)cc1. The molecule has 2 aliphatic rings. The number of nitrogens with zero attached hydrogens (tertiary/aromatic N) is 1. The number of hydrogen-bond acceptors (Lipinski definition) is 1. The predicted octanol–water partition coefficient (Wildman–Crippen LogP) is 3.49. The molecule has 1 amide bonds. The molecule has 0 unspecified atom stereocenters. The maximum Gasteiger partial charge on any atom is 0.230 e. The average Bonchev–Trinajstić information content (AvgIpc) is 2.69. The quantitative estimate of drug-likeness (QED) is 0.746. The second-order valence-corrected chi connectivity index (χ2v) is 5.51. The molecule has 90 valence electrons. The molecule has 0 spiro atoms. The zero-order valence-corrected chi connectivity index (χ0v) is 10.5. The second kappa shape index (κ2) is 4.34. The van der Waals surface area contributed by atoms with Crippen molar-refractivity contribution in [2.45, 2.75) is 25.7 Å². The summed E-state index contributed by atoms with van der Waals surface area (Å²) in [4.78, 5) is 14.3. The molecule has 0 aromatic heterocycles. The summed E-state index contributed by atoms with van der Waals surface area (Å²) in [5.74, 6) is 1.17. The molecule has 1 aliphatic heterocycles. The van der Waals surface area contributed by atoms with E-state index in [-0.39, 0.29) is 5.92 Å². The Balaban J connectivity index is 1.85. The van der Waals surface area contributed by atoms with Crippen molar-refractivity contribution in [1.29, 1.82) is 0 Å². The van der Waals surface area contributed by atoms with E-state index in [4.69, 9.17) is 11.6 Å². The number of hydrogen-bond donors (Lipinski definition) is 0. The van der Waals surface area contributed by atoms with Gasteiger partial charge in [-0.2, -0.15) is 0 Å². The predicted molar refractivity (Wildman–Crippen MR) is 69.3 cm³/mol. The van der Waals surface area contributed by atoms with Crippen LogP contribution in [-0.4, -0.2) is 12.5 Å². The minimum Gasteiger partial charge on any atom is -0.312 e. The topological polar surface area (TPSA) is 20.3 Å². The maximum absolute atomic E-state index is 12.3. The minimum atomic E-state index is 0.277. The van der Waals surface area contributed by atoms with Crippen LogP contribution in [0.25, 0.3) is 0 Å². The first-order chi connectivity index (χ1) is 8.25. The van der Waals surface area contributed by atoms with Gasteiger partial charge in [0.2, 0.25) is 5.91 Å². The third-order valence-electron chi connectivity index (χ3n) is 4.05. The van der Waals surface area contributed by atoms with Gasteiger partial charge < -0.3 is 4.90 Å². The average molecular weight is 250 g/mol. The van der Waals surface area contributed by atoms with E-state index in [0.717, 1.165) is 23.7 Å². The number of rotatable bonds is 1. The summed E-state index contributed by atoms with van der Waals surface area (Å²) in [5.41, 5.74) is 0.994. The Bertz CT molecular complexity index is 428. The van der Waals surface area contributed by atoms with Crippen LogP contribution in [0.2, 0.25) is 5.02 Å². The molecule has 2 atom stereocenters. The molecule has 0 N–H and O–H groups in total. The number of carbonyl (C=O) groups excluding carboxylic acids is 1. The first kappa shape index (κ1) is 11.1. The fourth-order valence-corrected chi connectivity index (χ4v) is 3.26. The monoisotopic (exact) mass is 249 g/mol. The van der Waals surface area contributed by atoms with Gasteiger partial charge in [0, 0.05) is 23.2 Å². The molecule has 0 bridgehead atoms. The van der Waals surface area contributed by atoms with Crippen LogP contribution in [0, 0.1) is 11.8 Å². The summed E-state index contributed by atoms with van der Waals surface area (Å²) in [5, 5.41) is 0.720. The van der Waals surface area contributed by atoms with E-state index in [1.54, 1.807) is 0 Å². The van der Waals surface area contributed by atoms with Crippen molar-refractivity contribution >= 4 is 23.2 Å². The van der Waals surface area contributed by atoms with E-state index < -0.39 is 0 Å². The lowest BCUT2D eigenvalue weighted by atomic mass is 9.81. The number of halogens is 1. The van der Waals surface area contributed by atoms with Crippen molar-refractivity contribution in [2.24, 2.45) is 11.8 Å². The molecule has 17 heavy (non-hydrogen) atoms. The molecule has 3 rings (SSSR count). The van der Waals surface area contributed by atoms with Crippen LogP contribution in [0.5, 0.6) is 0 Å². The Hall–Kier alpha value is -1.02. The van der Waals surface area contributed by atoms with Crippen molar-refractivity contribution in [3.63, 3.8) is 0 Å². The third kappa shape index (κ3) is 1.95. The Kier molecular flexibility index (Phi) is 2.83. The highest BCUT2D eigenvalue weighted by atomic mass is 35.5. The van der Waals surface area contributed by atoms with E-state index in [0.29, 0.717) is 11.8 Å². The molecule has 1 heterocycles. The molecule has 3 heteroatoms. The molecule has 1 saturated carbocycles. The fraction of sp³-hybridized carbons (Fsp3) is 0.500. The van der Waals surface area contributed by atoms with Gasteiger partial charge in [-0.15, -0.1) is 0 Å². The first-order valence-corrected chi connectivity index (χ1v) is 6.70. The molecular formula is C14H16ClNO. The normalized spacial score (nSPS) is 28.3. The van der Waals surface area contributed by atoms with Crippen LogP contribution in [0.4, 0.5) is 5.69 Å². The van der Waals surface area contributed by atoms with Crippen molar-refractivity contribution in [2.75, 3.05) is 11.4 Å². The van der Waals surface area contributed by atoms with Crippen LogP contribution in [-0.2, 0) is 4.79 Å². The summed E-state index contributed by atoms with van der Waals surface area (Å²) in [6, 6.07) is 7.59. The first-order valence-electron chi connectivity index (χ1n) is 6.32. The number of benzene rings is 1. The fourth-order valence-electron chi connectivity index (χ4n) is 3.13. The highest BCUT2D eigenvalue weighted by Crippen LogP contribution is 2.39. The Morgan fingerprint density at radius 3 is 2.53 bits per heavy atom. The van der Waals surface area contributed by atoms with Crippen LogP contribution in [0.1, 0.15) is 25.7 Å². The largest absolute Gasteiger partial charge is 0.312 e. The molecule has 1 saturated heterocycles. The summed E-state index contributed by atoms with van der Waals surface area (Å²) in [6.07, 6.45) is 4.78. The minimum absolute atomic E-state index is 0.277. The lowest BCUT2D eigenvalue weighted by Gasteiger charge is -2.21. The third-order valence-corrected chi connectivity index (χ3v) is 4.30. The zero-order chi connectivity index (χ0) is 11.8. The van der Waals surface area contributed by atoms with E-state index in [9.17, 15) is 4.79 Å². The molecule has 1 aromatic carbocycles. The van der Waals surface area contributed by atoms with Crippen molar-refractivity contribution < 1.29 is 4.79 Å². The Morgan fingerprint density at radius 2 is 1.82 bits per heavy atom. The Labute approximate surface area is 107 Å². The van der Waals surface area contributed by atoms with Crippen molar-refractivity contribution in [1.82, 2.24) is 0 Å². The highest BCUT2D eigenvalue weighted by molar-refractivity contribution is 6.30. The number of amides is 1. The Morgan fingerprint density at radius 1 is 1.12 bits per heavy atom. The lowest BCUT2D eigenvalue weighted by molar-refractivity contribution is -0.121. The molecule has 1 aliphatic carbocycles. The summed E-state index contributed by atoms with van der Waals surface area (Å²) in [7, 11) is 0. The van der Waals surface area contributed by atoms with Crippen LogP contribution in [0.15, 0.2) is 24.3 Å².